The number of halogens is 3. The van der Waals surface area contributed by atoms with E-state index in [2.05, 4.69) is 27.2 Å². The lowest BCUT2D eigenvalue weighted by molar-refractivity contribution is -0.137. The molecule has 2 atom stereocenters. The molecule has 1 N–H and O–H groups in total. The van der Waals surface area contributed by atoms with Crippen LogP contribution in [0.2, 0.25) is 0 Å². The molecule has 1 saturated heterocycles. The largest absolute Gasteiger partial charge is 0.417 e. The van der Waals surface area contributed by atoms with Crippen LogP contribution in [0.15, 0.2) is 67.1 Å². The van der Waals surface area contributed by atoms with Crippen molar-refractivity contribution in [2.75, 3.05) is 18.4 Å². The van der Waals surface area contributed by atoms with Crippen LogP contribution in [0.1, 0.15) is 41.5 Å². The van der Waals surface area contributed by atoms with Crippen molar-refractivity contribution in [3.63, 3.8) is 0 Å². The maximum atomic E-state index is 13.0. The van der Waals surface area contributed by atoms with Crippen LogP contribution >= 0.6 is 0 Å². The summed E-state index contributed by atoms with van der Waals surface area (Å²) in [5.74, 6) is 0.485. The molecule has 1 amide bonds. The number of aromatic nitrogens is 3. The summed E-state index contributed by atoms with van der Waals surface area (Å²) in [5.41, 5.74) is 0.401. The lowest BCUT2D eigenvalue weighted by Gasteiger charge is -2.40. The highest BCUT2D eigenvalue weighted by Gasteiger charge is 2.33. The highest BCUT2D eigenvalue weighted by Crippen LogP contribution is 2.29. The van der Waals surface area contributed by atoms with E-state index in [0.29, 0.717) is 24.6 Å². The molecule has 0 aliphatic carbocycles. The van der Waals surface area contributed by atoms with Gasteiger partial charge in [0.25, 0.3) is 5.91 Å². The SMILES string of the molecule is Cc1cccc(C(=O)N2CCC[C@@H](C)[C@H]2CNc2ccc(C(F)(F)F)cn2)n1.c1ccncc1. The first-order valence-corrected chi connectivity index (χ1v) is 11.1. The molecule has 0 spiro atoms. The van der Waals surface area contributed by atoms with Crippen LogP contribution in [0, 0.1) is 12.8 Å². The van der Waals surface area contributed by atoms with Crippen LogP contribution in [0.3, 0.4) is 0 Å². The van der Waals surface area contributed by atoms with Crippen LogP contribution in [0.4, 0.5) is 19.0 Å². The van der Waals surface area contributed by atoms with Crippen LogP contribution in [-0.4, -0.2) is 44.9 Å². The molecule has 0 radical (unpaired) electrons. The van der Waals surface area contributed by atoms with Crippen LogP contribution in [-0.2, 0) is 6.18 Å². The predicted molar refractivity (Wildman–Crippen MR) is 124 cm³/mol. The fourth-order valence-electron chi connectivity index (χ4n) is 3.81. The number of pyridine rings is 3. The normalized spacial score (nSPS) is 18.0. The zero-order valence-electron chi connectivity index (χ0n) is 19.2. The average molecular weight is 472 g/mol. The van der Waals surface area contributed by atoms with E-state index in [0.717, 1.165) is 30.8 Å². The second-order valence-electron chi connectivity index (χ2n) is 8.18. The van der Waals surface area contributed by atoms with E-state index >= 15 is 0 Å². The first-order valence-electron chi connectivity index (χ1n) is 11.1. The molecule has 0 unspecified atom stereocenters. The summed E-state index contributed by atoms with van der Waals surface area (Å²) in [6.45, 7) is 4.96. The molecule has 3 aromatic heterocycles. The summed E-state index contributed by atoms with van der Waals surface area (Å²) in [4.78, 5) is 26.7. The maximum absolute atomic E-state index is 13.0. The fraction of sp³-hybridized carbons (Fsp3) is 0.360. The van der Waals surface area contributed by atoms with Gasteiger partial charge in [-0.05, 0) is 62.1 Å². The monoisotopic (exact) mass is 471 g/mol. The minimum Gasteiger partial charge on any atom is -0.368 e. The number of likely N-dealkylation sites (tertiary alicyclic amines) is 1. The van der Waals surface area contributed by atoms with Gasteiger partial charge in [0.2, 0.25) is 0 Å². The van der Waals surface area contributed by atoms with Gasteiger partial charge in [-0.1, -0.05) is 19.1 Å². The average Bonchev–Trinajstić information content (AvgIpc) is 2.84. The summed E-state index contributed by atoms with van der Waals surface area (Å²) in [7, 11) is 0. The zero-order chi connectivity index (χ0) is 24.6. The Morgan fingerprint density at radius 2 is 1.88 bits per heavy atom. The number of anilines is 1. The van der Waals surface area contributed by atoms with E-state index in [-0.39, 0.29) is 17.9 Å². The van der Waals surface area contributed by atoms with E-state index in [1.54, 1.807) is 18.5 Å². The first-order chi connectivity index (χ1) is 16.3. The maximum Gasteiger partial charge on any atom is 0.417 e. The third-order valence-corrected chi connectivity index (χ3v) is 5.63. The molecule has 180 valence electrons. The Hall–Kier alpha value is -3.49. The number of alkyl halides is 3. The van der Waals surface area contributed by atoms with E-state index in [4.69, 9.17) is 0 Å². The van der Waals surface area contributed by atoms with E-state index in [1.165, 1.54) is 6.07 Å². The third-order valence-electron chi connectivity index (χ3n) is 5.63. The zero-order valence-corrected chi connectivity index (χ0v) is 19.2. The number of carbonyl (C=O) groups is 1. The second-order valence-corrected chi connectivity index (χ2v) is 8.18. The van der Waals surface area contributed by atoms with Gasteiger partial charge in [0.05, 0.1) is 11.6 Å². The second kappa shape index (κ2) is 11.6. The highest BCUT2D eigenvalue weighted by atomic mass is 19.4. The topological polar surface area (TPSA) is 71.0 Å². The van der Waals surface area contributed by atoms with Gasteiger partial charge in [-0.3, -0.25) is 9.78 Å². The predicted octanol–water partition coefficient (Wildman–Crippen LogP) is 5.24. The first kappa shape index (κ1) is 25.1. The number of rotatable bonds is 4. The minimum atomic E-state index is -4.41. The Morgan fingerprint density at radius 1 is 1.12 bits per heavy atom. The van der Waals surface area contributed by atoms with E-state index < -0.39 is 11.7 Å². The standard InChI is InChI=1S/C20H23F3N4O.C5H5N/c1-13-5-4-10-27(19(28)16-7-3-6-14(2)26-16)17(13)12-25-18-9-8-15(11-24-18)20(21,22)23;1-2-4-6-5-3-1/h3,6-9,11,13,17H,4-5,10,12H2,1-2H3,(H,24,25);1-5H/t13-,17-;/m1./s1. The summed E-state index contributed by atoms with van der Waals surface area (Å²) >= 11 is 0. The Morgan fingerprint density at radius 3 is 2.44 bits per heavy atom. The lowest BCUT2D eigenvalue weighted by atomic mass is 9.90. The van der Waals surface area contributed by atoms with Gasteiger partial charge < -0.3 is 10.2 Å². The van der Waals surface area contributed by atoms with Crippen molar-refractivity contribution in [1.29, 1.82) is 0 Å². The molecule has 3 aromatic rings. The van der Waals surface area contributed by atoms with Crippen molar-refractivity contribution in [2.24, 2.45) is 5.92 Å². The number of carbonyl (C=O) groups excluding carboxylic acids is 1. The number of hydrogen-bond donors (Lipinski definition) is 1. The van der Waals surface area contributed by atoms with Crippen molar-refractivity contribution in [3.05, 3.63) is 84.1 Å². The molecule has 9 heteroatoms. The Balaban J connectivity index is 0.000000469. The van der Waals surface area contributed by atoms with Gasteiger partial charge in [-0.2, -0.15) is 13.2 Å². The van der Waals surface area contributed by atoms with Crippen molar-refractivity contribution >= 4 is 11.7 Å². The number of nitrogens with zero attached hydrogens (tertiary/aromatic N) is 4. The van der Waals surface area contributed by atoms with Crippen molar-refractivity contribution in [2.45, 2.75) is 38.9 Å². The molecule has 6 nitrogen and oxygen atoms in total. The molecule has 0 bridgehead atoms. The fourth-order valence-corrected chi connectivity index (χ4v) is 3.81. The molecule has 1 aliphatic rings. The Bertz CT molecular complexity index is 1020. The Kier molecular flexibility index (Phi) is 8.56. The molecular formula is C25H28F3N5O. The molecule has 0 aromatic carbocycles. The van der Waals surface area contributed by atoms with Crippen molar-refractivity contribution < 1.29 is 18.0 Å². The molecule has 1 fully saturated rings. The Labute approximate surface area is 197 Å². The van der Waals surface area contributed by atoms with E-state index in [1.807, 2.05) is 42.2 Å². The van der Waals surface area contributed by atoms with Gasteiger partial charge in [-0.25, -0.2) is 9.97 Å². The van der Waals surface area contributed by atoms with Gasteiger partial charge in [0.1, 0.15) is 11.5 Å². The third kappa shape index (κ3) is 7.00. The van der Waals surface area contributed by atoms with Gasteiger partial charge >= 0.3 is 6.18 Å². The summed E-state index contributed by atoms with van der Waals surface area (Å²) in [6.07, 6.45) is 1.80. The van der Waals surface area contributed by atoms with Crippen molar-refractivity contribution in [3.8, 4) is 0 Å². The van der Waals surface area contributed by atoms with Gasteiger partial charge in [-0.15, -0.1) is 0 Å². The lowest BCUT2D eigenvalue weighted by Crippen LogP contribution is -2.51. The number of nitrogens with one attached hydrogen (secondary N) is 1. The molecule has 34 heavy (non-hydrogen) atoms. The van der Waals surface area contributed by atoms with Gasteiger partial charge in [0, 0.05) is 37.4 Å². The minimum absolute atomic E-state index is 0.0901. The van der Waals surface area contributed by atoms with Crippen LogP contribution in [0.5, 0.6) is 0 Å². The number of aryl methyl sites for hydroxylation is 1. The highest BCUT2D eigenvalue weighted by molar-refractivity contribution is 5.92. The van der Waals surface area contributed by atoms with Gasteiger partial charge in [0.15, 0.2) is 0 Å². The molecule has 4 heterocycles. The summed E-state index contributed by atoms with van der Waals surface area (Å²) < 4.78 is 38.0. The molecule has 1 aliphatic heterocycles. The summed E-state index contributed by atoms with van der Waals surface area (Å²) in [5, 5.41) is 3.08. The molecule has 0 saturated carbocycles. The molecular weight excluding hydrogens is 443 g/mol. The smallest absolute Gasteiger partial charge is 0.368 e. The van der Waals surface area contributed by atoms with Crippen LogP contribution < -0.4 is 5.32 Å². The number of piperidine rings is 1. The van der Waals surface area contributed by atoms with E-state index in [9.17, 15) is 18.0 Å². The van der Waals surface area contributed by atoms with Crippen LogP contribution in [0.25, 0.3) is 0 Å². The quantitative estimate of drug-likeness (QED) is 0.564. The number of amides is 1. The number of hydrogen-bond acceptors (Lipinski definition) is 5. The molecule has 4 rings (SSSR count). The van der Waals surface area contributed by atoms with Crippen molar-refractivity contribution in [1.82, 2.24) is 19.9 Å². The summed E-state index contributed by atoms with van der Waals surface area (Å²) in [6, 6.07) is 13.3.